The van der Waals surface area contributed by atoms with E-state index in [4.69, 9.17) is 14.6 Å². The Morgan fingerprint density at radius 2 is 1.88 bits per heavy atom. The van der Waals surface area contributed by atoms with Crippen LogP contribution in [-0.4, -0.2) is 58.5 Å². The summed E-state index contributed by atoms with van der Waals surface area (Å²) in [5, 5.41) is 17.0. The maximum atomic E-state index is 11.7. The average molecular weight is 456 g/mol. The van der Waals surface area contributed by atoms with Crippen LogP contribution in [0, 0.1) is 0 Å². The van der Waals surface area contributed by atoms with E-state index in [9.17, 15) is 22.8 Å². The van der Waals surface area contributed by atoms with Gasteiger partial charge < -0.3 is 20.5 Å². The molecule has 0 radical (unpaired) electrons. The first-order valence-electron chi connectivity index (χ1n) is 9.59. The minimum absolute atomic E-state index is 0.0304. The summed E-state index contributed by atoms with van der Waals surface area (Å²) in [7, 11) is 0. The fourth-order valence-corrected chi connectivity index (χ4v) is 2.81. The molecule has 1 aromatic carbocycles. The molecule has 1 aromatic heterocycles. The van der Waals surface area contributed by atoms with Gasteiger partial charge in [-0.1, -0.05) is 30.3 Å². The molecule has 0 bridgehead atoms. The van der Waals surface area contributed by atoms with E-state index in [2.05, 4.69) is 34.1 Å². The van der Waals surface area contributed by atoms with Crippen molar-refractivity contribution in [3.8, 4) is 0 Å². The summed E-state index contributed by atoms with van der Waals surface area (Å²) in [4.78, 5) is 31.5. The van der Waals surface area contributed by atoms with E-state index < -0.39 is 12.1 Å². The number of alkyl halides is 3. The molecule has 1 aliphatic heterocycles. The van der Waals surface area contributed by atoms with Crippen molar-refractivity contribution in [2.45, 2.75) is 32.2 Å². The van der Waals surface area contributed by atoms with Crippen LogP contribution in [0.5, 0.6) is 0 Å². The fourth-order valence-electron chi connectivity index (χ4n) is 2.81. The van der Waals surface area contributed by atoms with E-state index in [-0.39, 0.29) is 24.5 Å². The summed E-state index contributed by atoms with van der Waals surface area (Å²) in [6, 6.07) is 10.1. The molecule has 9 nitrogen and oxygen atoms in total. The maximum absolute atomic E-state index is 11.7. The number of carbonyl (C=O) groups excluding carboxylic acids is 2. The Hall–Kier alpha value is -3.41. The van der Waals surface area contributed by atoms with Crippen molar-refractivity contribution in [3.63, 3.8) is 0 Å². The van der Waals surface area contributed by atoms with Crippen molar-refractivity contribution >= 4 is 17.8 Å². The third-order valence-corrected chi connectivity index (χ3v) is 4.28. The molecule has 3 rings (SSSR count). The quantitative estimate of drug-likeness (QED) is 0.605. The number of amides is 2. The topological polar surface area (TPSA) is 123 Å². The third kappa shape index (κ3) is 8.02. The molecule has 174 valence electrons. The molecule has 0 saturated heterocycles. The van der Waals surface area contributed by atoms with Crippen molar-refractivity contribution in [2.24, 2.45) is 0 Å². The highest BCUT2D eigenvalue weighted by atomic mass is 19.4. The van der Waals surface area contributed by atoms with E-state index >= 15 is 0 Å². The number of halogens is 3. The number of nitrogens with zero attached hydrogens (tertiary/aromatic N) is 2. The molecular weight excluding hydrogens is 433 g/mol. The minimum Gasteiger partial charge on any atom is -0.475 e. The predicted octanol–water partition coefficient (Wildman–Crippen LogP) is 1.43. The van der Waals surface area contributed by atoms with Gasteiger partial charge in [0, 0.05) is 19.7 Å². The molecule has 12 heteroatoms. The zero-order valence-corrected chi connectivity index (χ0v) is 17.2. The second-order valence-electron chi connectivity index (χ2n) is 6.85. The van der Waals surface area contributed by atoms with Crippen LogP contribution in [0.2, 0.25) is 0 Å². The number of hydrogen-bond donors (Lipinski definition) is 3. The van der Waals surface area contributed by atoms with Gasteiger partial charge in [-0.2, -0.15) is 18.3 Å². The van der Waals surface area contributed by atoms with Gasteiger partial charge in [-0.15, -0.1) is 0 Å². The second kappa shape index (κ2) is 11.3. The Morgan fingerprint density at radius 3 is 2.47 bits per heavy atom. The standard InChI is InChI=1S/C18H22N4O3.C2HF3O2/c1-13(23)19-10-17(24)20-9-16-18-15(7-8-25-16)12-22(21-18)11-14-5-3-2-4-6-14;3-2(4,5)1(6)7/h2-6,12,16H,7-11H2,1H3,(H,19,23)(H,20,24);(H,6,7). The molecular formula is C20H23F3N4O5. The van der Waals surface area contributed by atoms with E-state index in [0.29, 0.717) is 19.7 Å². The van der Waals surface area contributed by atoms with Gasteiger partial charge in [-0.25, -0.2) is 4.79 Å². The smallest absolute Gasteiger partial charge is 0.475 e. The van der Waals surface area contributed by atoms with Gasteiger partial charge in [0.1, 0.15) is 6.10 Å². The van der Waals surface area contributed by atoms with E-state index in [1.54, 1.807) is 0 Å². The molecule has 1 atom stereocenters. The first-order chi connectivity index (χ1) is 15.1. The van der Waals surface area contributed by atoms with Crippen molar-refractivity contribution < 1.29 is 37.4 Å². The number of aliphatic carboxylic acids is 1. The maximum Gasteiger partial charge on any atom is 0.490 e. The number of ether oxygens (including phenoxy) is 1. The summed E-state index contributed by atoms with van der Waals surface area (Å²) in [5.41, 5.74) is 3.22. The number of carbonyl (C=O) groups is 3. The third-order valence-electron chi connectivity index (χ3n) is 4.28. The van der Waals surface area contributed by atoms with Crippen LogP contribution in [-0.2, 0) is 32.1 Å². The van der Waals surface area contributed by atoms with Gasteiger partial charge in [-0.05, 0) is 17.5 Å². The van der Waals surface area contributed by atoms with Crippen LogP contribution in [0.4, 0.5) is 13.2 Å². The molecule has 32 heavy (non-hydrogen) atoms. The predicted molar refractivity (Wildman–Crippen MR) is 106 cm³/mol. The second-order valence-corrected chi connectivity index (χ2v) is 6.85. The lowest BCUT2D eigenvalue weighted by atomic mass is 10.1. The van der Waals surface area contributed by atoms with Crippen LogP contribution in [0.1, 0.15) is 29.8 Å². The Morgan fingerprint density at radius 1 is 1.22 bits per heavy atom. The highest BCUT2D eigenvalue weighted by Crippen LogP contribution is 2.25. The molecule has 2 aromatic rings. The fraction of sp³-hybridized carbons (Fsp3) is 0.400. The normalized spacial score (nSPS) is 15.1. The molecule has 0 saturated carbocycles. The van der Waals surface area contributed by atoms with Gasteiger partial charge in [0.05, 0.1) is 25.4 Å². The lowest BCUT2D eigenvalue weighted by Gasteiger charge is -2.22. The summed E-state index contributed by atoms with van der Waals surface area (Å²) in [5.74, 6) is -3.23. The van der Waals surface area contributed by atoms with Crippen LogP contribution in [0.3, 0.4) is 0 Å². The first kappa shape index (κ1) is 24.9. The van der Waals surface area contributed by atoms with Crippen molar-refractivity contribution in [2.75, 3.05) is 19.7 Å². The molecule has 0 fully saturated rings. The van der Waals surface area contributed by atoms with Gasteiger partial charge in [0.15, 0.2) is 0 Å². The number of fused-ring (bicyclic) bond motifs is 1. The number of rotatable bonds is 6. The Kier molecular flexibility index (Phi) is 8.76. The Bertz CT molecular complexity index is 931. The average Bonchev–Trinajstić information content (AvgIpc) is 3.14. The van der Waals surface area contributed by atoms with Gasteiger partial charge in [0.2, 0.25) is 11.8 Å². The number of benzene rings is 1. The van der Waals surface area contributed by atoms with Crippen LogP contribution >= 0.6 is 0 Å². The van der Waals surface area contributed by atoms with Gasteiger partial charge >= 0.3 is 12.1 Å². The molecule has 2 amide bonds. The Balaban J connectivity index is 0.000000451. The van der Waals surface area contributed by atoms with Crippen molar-refractivity contribution in [1.82, 2.24) is 20.4 Å². The molecule has 3 N–H and O–H groups in total. The largest absolute Gasteiger partial charge is 0.490 e. The number of aromatic nitrogens is 2. The van der Waals surface area contributed by atoms with E-state index in [0.717, 1.165) is 17.7 Å². The highest BCUT2D eigenvalue weighted by Gasteiger charge is 2.38. The zero-order valence-electron chi connectivity index (χ0n) is 17.2. The van der Waals surface area contributed by atoms with E-state index in [1.807, 2.05) is 22.9 Å². The molecule has 0 spiro atoms. The number of carboxylic acid groups (broad SMARTS) is 1. The Labute approximate surface area is 181 Å². The van der Waals surface area contributed by atoms with Crippen LogP contribution < -0.4 is 10.6 Å². The molecule has 1 unspecified atom stereocenters. The summed E-state index contributed by atoms with van der Waals surface area (Å²) < 4.78 is 39.4. The van der Waals surface area contributed by atoms with Crippen molar-refractivity contribution in [1.29, 1.82) is 0 Å². The zero-order chi connectivity index (χ0) is 23.7. The number of hydrogen-bond acceptors (Lipinski definition) is 5. The first-order valence-corrected chi connectivity index (χ1v) is 9.59. The highest BCUT2D eigenvalue weighted by molar-refractivity contribution is 5.83. The molecule has 1 aliphatic rings. The van der Waals surface area contributed by atoms with Gasteiger partial charge in [-0.3, -0.25) is 14.3 Å². The lowest BCUT2D eigenvalue weighted by Crippen LogP contribution is -2.38. The lowest BCUT2D eigenvalue weighted by molar-refractivity contribution is -0.192. The van der Waals surface area contributed by atoms with Crippen molar-refractivity contribution in [3.05, 3.63) is 53.3 Å². The SMILES string of the molecule is CC(=O)NCC(=O)NCC1OCCc2cn(Cc3ccccc3)nc21.O=C(O)C(F)(F)F. The molecule has 2 heterocycles. The van der Waals surface area contributed by atoms with E-state index in [1.165, 1.54) is 12.5 Å². The minimum atomic E-state index is -5.08. The molecule has 0 aliphatic carbocycles. The number of carboxylic acids is 1. The summed E-state index contributed by atoms with van der Waals surface area (Å²) in [6.07, 6.45) is -2.47. The summed E-state index contributed by atoms with van der Waals surface area (Å²) in [6.45, 7) is 3.00. The van der Waals surface area contributed by atoms with Crippen LogP contribution in [0.25, 0.3) is 0 Å². The van der Waals surface area contributed by atoms with Crippen LogP contribution in [0.15, 0.2) is 36.5 Å². The summed E-state index contributed by atoms with van der Waals surface area (Å²) >= 11 is 0. The van der Waals surface area contributed by atoms with Gasteiger partial charge in [0.25, 0.3) is 0 Å². The number of nitrogens with one attached hydrogen (secondary N) is 2. The monoisotopic (exact) mass is 456 g/mol.